The van der Waals surface area contributed by atoms with Crippen molar-refractivity contribution in [1.82, 2.24) is 0 Å². The van der Waals surface area contributed by atoms with Crippen molar-refractivity contribution in [3.05, 3.63) is 23.0 Å². The number of terminal acetylenes is 1. The minimum Gasteiger partial charge on any atom is -0.445 e. The summed E-state index contributed by atoms with van der Waals surface area (Å²) in [6.45, 7) is 5.17. The molecule has 0 aromatic heterocycles. The Morgan fingerprint density at radius 3 is 2.59 bits per heavy atom. The minimum absolute atomic E-state index is 0.0972. The van der Waals surface area contributed by atoms with Crippen LogP contribution < -0.4 is 0 Å². The lowest BCUT2D eigenvalue weighted by atomic mass is 9.51. The van der Waals surface area contributed by atoms with Crippen molar-refractivity contribution >= 4 is 11.9 Å². The SMILES string of the molecule is C#C[C@]1(OC(C)=O)CC[C@H]2[C@@H]3CCC4=C(CCC(OC(C)=O)=C4)[C@H]3CC[C@@]21CC. The molecule has 4 nitrogen and oxygen atoms in total. The van der Waals surface area contributed by atoms with Crippen molar-refractivity contribution in [2.45, 2.75) is 84.2 Å². The van der Waals surface area contributed by atoms with E-state index < -0.39 is 5.60 Å². The van der Waals surface area contributed by atoms with Crippen LogP contribution in [0.5, 0.6) is 0 Å². The zero-order chi connectivity index (χ0) is 20.8. The van der Waals surface area contributed by atoms with Crippen LogP contribution in [0, 0.1) is 35.5 Å². The molecule has 2 fully saturated rings. The van der Waals surface area contributed by atoms with Gasteiger partial charge < -0.3 is 9.47 Å². The topological polar surface area (TPSA) is 52.6 Å². The van der Waals surface area contributed by atoms with Crippen LogP contribution in [0.15, 0.2) is 23.0 Å². The van der Waals surface area contributed by atoms with E-state index in [1.807, 2.05) is 0 Å². The Morgan fingerprint density at radius 2 is 1.93 bits per heavy atom. The van der Waals surface area contributed by atoms with Crippen LogP contribution in [0.3, 0.4) is 0 Å². The Bertz CT molecular complexity index is 828. The lowest BCUT2D eigenvalue weighted by Gasteiger charge is -2.54. The van der Waals surface area contributed by atoms with Gasteiger partial charge in [0.15, 0.2) is 5.60 Å². The van der Waals surface area contributed by atoms with Gasteiger partial charge in [0.25, 0.3) is 0 Å². The van der Waals surface area contributed by atoms with E-state index in [4.69, 9.17) is 15.9 Å². The number of carbonyl (C=O) groups is 2. The highest BCUT2D eigenvalue weighted by atomic mass is 16.6. The zero-order valence-corrected chi connectivity index (χ0v) is 17.9. The average molecular weight is 397 g/mol. The summed E-state index contributed by atoms with van der Waals surface area (Å²) in [7, 11) is 0. The maximum Gasteiger partial charge on any atom is 0.307 e. The first-order valence-corrected chi connectivity index (χ1v) is 11.1. The molecule has 0 aromatic carbocycles. The van der Waals surface area contributed by atoms with Gasteiger partial charge in [-0.25, -0.2) is 0 Å². The number of hydrogen-bond acceptors (Lipinski definition) is 4. The van der Waals surface area contributed by atoms with E-state index >= 15 is 0 Å². The number of allylic oxidation sites excluding steroid dienone is 4. The Morgan fingerprint density at radius 1 is 1.14 bits per heavy atom. The number of fused-ring (bicyclic) bond motifs is 4. The van der Waals surface area contributed by atoms with Gasteiger partial charge in [0.1, 0.15) is 5.76 Å². The molecule has 0 heterocycles. The van der Waals surface area contributed by atoms with Gasteiger partial charge in [0.2, 0.25) is 0 Å². The summed E-state index contributed by atoms with van der Waals surface area (Å²) in [5.41, 5.74) is 2.12. The fourth-order valence-electron chi connectivity index (χ4n) is 7.33. The minimum atomic E-state index is -0.743. The summed E-state index contributed by atoms with van der Waals surface area (Å²) in [6, 6.07) is 0. The van der Waals surface area contributed by atoms with E-state index in [1.54, 1.807) is 5.57 Å². The highest BCUT2D eigenvalue weighted by molar-refractivity contribution is 5.68. The van der Waals surface area contributed by atoms with Crippen molar-refractivity contribution in [2.75, 3.05) is 0 Å². The lowest BCUT2D eigenvalue weighted by molar-refractivity contribution is -0.169. The van der Waals surface area contributed by atoms with Gasteiger partial charge in [-0.3, -0.25) is 9.59 Å². The molecule has 0 spiro atoms. The quantitative estimate of drug-likeness (QED) is 0.493. The molecule has 4 aliphatic carbocycles. The molecule has 4 heteroatoms. The first-order chi connectivity index (χ1) is 13.9. The standard InChI is InChI=1S/C25H32O4/c1-5-24-13-11-21-20-10-8-19(28-16(3)26)15-18(20)7-9-22(21)23(24)12-14-25(24,6-2)29-17(4)27/h2,15,21-23H,5,7-14H2,1,3-4H3/t21-,22-,23+,24+,25+/m1/s1. The van der Waals surface area contributed by atoms with Gasteiger partial charge >= 0.3 is 11.9 Å². The number of esters is 2. The van der Waals surface area contributed by atoms with Crippen molar-refractivity contribution < 1.29 is 19.1 Å². The molecule has 0 saturated heterocycles. The summed E-state index contributed by atoms with van der Waals surface area (Å²) >= 11 is 0. The average Bonchev–Trinajstić information content (AvgIpc) is 3.01. The number of ether oxygens (including phenoxy) is 2. The van der Waals surface area contributed by atoms with Crippen LogP contribution in [-0.2, 0) is 19.1 Å². The summed E-state index contributed by atoms with van der Waals surface area (Å²) in [4.78, 5) is 23.2. The van der Waals surface area contributed by atoms with Crippen LogP contribution >= 0.6 is 0 Å². The van der Waals surface area contributed by atoms with Gasteiger partial charge in [-0.05, 0) is 80.8 Å². The predicted molar refractivity (Wildman–Crippen MR) is 110 cm³/mol. The van der Waals surface area contributed by atoms with E-state index in [2.05, 4.69) is 18.9 Å². The molecule has 0 bridgehead atoms. The third-order valence-corrected chi connectivity index (χ3v) is 8.30. The molecule has 0 aliphatic heterocycles. The summed E-state index contributed by atoms with van der Waals surface area (Å²) in [5, 5.41) is 0. The van der Waals surface area contributed by atoms with Crippen LogP contribution in [-0.4, -0.2) is 17.5 Å². The van der Waals surface area contributed by atoms with Crippen molar-refractivity contribution in [2.24, 2.45) is 23.2 Å². The zero-order valence-electron chi connectivity index (χ0n) is 17.9. The highest BCUT2D eigenvalue weighted by Gasteiger charge is 2.65. The molecule has 0 amide bonds. The van der Waals surface area contributed by atoms with E-state index in [-0.39, 0.29) is 17.4 Å². The first kappa shape index (κ1) is 20.3. The van der Waals surface area contributed by atoms with Gasteiger partial charge in [-0.1, -0.05) is 18.4 Å². The molecule has 5 atom stereocenters. The molecule has 0 radical (unpaired) electrons. The highest BCUT2D eigenvalue weighted by Crippen LogP contribution is 2.66. The van der Waals surface area contributed by atoms with Crippen LogP contribution in [0.2, 0.25) is 0 Å². The Labute approximate surface area is 174 Å². The largest absolute Gasteiger partial charge is 0.445 e. The van der Waals surface area contributed by atoms with Gasteiger partial charge in [-0.2, -0.15) is 0 Å². The van der Waals surface area contributed by atoms with Crippen LogP contribution in [0.25, 0.3) is 0 Å². The second kappa shape index (κ2) is 7.35. The Balaban J connectivity index is 1.65. The van der Waals surface area contributed by atoms with Gasteiger partial charge in [0, 0.05) is 25.7 Å². The predicted octanol–water partition coefficient (Wildman–Crippen LogP) is 5.09. The van der Waals surface area contributed by atoms with E-state index in [1.165, 1.54) is 19.4 Å². The summed E-state index contributed by atoms with van der Waals surface area (Å²) in [5.74, 6) is 4.99. The molecule has 0 unspecified atom stereocenters. The second-order valence-electron chi connectivity index (χ2n) is 9.32. The van der Waals surface area contributed by atoms with E-state index in [0.29, 0.717) is 17.8 Å². The normalized spacial score (nSPS) is 38.1. The first-order valence-electron chi connectivity index (χ1n) is 11.1. The Kier molecular flexibility index (Phi) is 5.13. The molecule has 29 heavy (non-hydrogen) atoms. The molecule has 4 aliphatic rings. The third-order valence-electron chi connectivity index (χ3n) is 8.30. The maximum atomic E-state index is 11.9. The van der Waals surface area contributed by atoms with E-state index in [9.17, 15) is 9.59 Å². The summed E-state index contributed by atoms with van der Waals surface area (Å²) < 4.78 is 11.3. The fraction of sp³-hybridized carbons (Fsp3) is 0.680. The number of hydrogen-bond donors (Lipinski definition) is 0. The number of carbonyl (C=O) groups excluding carboxylic acids is 2. The lowest BCUT2D eigenvalue weighted by Crippen LogP contribution is -2.54. The van der Waals surface area contributed by atoms with Crippen molar-refractivity contribution in [3.8, 4) is 12.3 Å². The third kappa shape index (κ3) is 3.05. The number of rotatable bonds is 3. The Hall–Kier alpha value is -2.02. The fourth-order valence-corrected chi connectivity index (χ4v) is 7.33. The summed E-state index contributed by atoms with van der Waals surface area (Å²) in [6.07, 6.45) is 17.0. The van der Waals surface area contributed by atoms with Crippen LogP contribution in [0.1, 0.15) is 78.6 Å². The molecule has 0 N–H and O–H groups in total. The monoisotopic (exact) mass is 396 g/mol. The van der Waals surface area contributed by atoms with Crippen molar-refractivity contribution in [3.63, 3.8) is 0 Å². The second-order valence-corrected chi connectivity index (χ2v) is 9.32. The van der Waals surface area contributed by atoms with Gasteiger partial charge in [-0.15, -0.1) is 6.42 Å². The molecule has 0 aromatic rings. The maximum absolute atomic E-state index is 11.9. The molecule has 156 valence electrons. The smallest absolute Gasteiger partial charge is 0.307 e. The van der Waals surface area contributed by atoms with Crippen LogP contribution in [0.4, 0.5) is 0 Å². The molecule has 4 rings (SSSR count). The molecular formula is C25H32O4. The van der Waals surface area contributed by atoms with Crippen molar-refractivity contribution in [1.29, 1.82) is 0 Å². The molecule has 2 saturated carbocycles. The molecular weight excluding hydrogens is 364 g/mol. The van der Waals surface area contributed by atoms with E-state index in [0.717, 1.165) is 63.5 Å². The van der Waals surface area contributed by atoms with Gasteiger partial charge in [0.05, 0.1) is 0 Å².